The van der Waals surface area contributed by atoms with E-state index < -0.39 is 0 Å². The summed E-state index contributed by atoms with van der Waals surface area (Å²) in [7, 11) is 2.02. The number of nitrogens with zero attached hydrogens (tertiary/aromatic N) is 2. The molecule has 0 fully saturated rings. The summed E-state index contributed by atoms with van der Waals surface area (Å²) < 4.78 is 3.26. The number of benzene rings is 1. The highest BCUT2D eigenvalue weighted by Gasteiger charge is 2.14. The van der Waals surface area contributed by atoms with Crippen molar-refractivity contribution in [3.8, 4) is 0 Å². The second-order valence-corrected chi connectivity index (χ2v) is 6.47. The molecule has 1 heterocycles. The highest BCUT2D eigenvalue weighted by molar-refractivity contribution is 9.10. The lowest BCUT2D eigenvalue weighted by Crippen LogP contribution is -2.24. The zero-order valence-corrected chi connectivity index (χ0v) is 14.7. The lowest BCUT2D eigenvalue weighted by Gasteiger charge is -2.17. The van der Waals surface area contributed by atoms with Crippen LogP contribution in [-0.4, -0.2) is 23.4 Å². The number of aromatic nitrogens is 2. The Kier molecular flexibility index (Phi) is 6.00. The Morgan fingerprint density at radius 1 is 1.24 bits per heavy atom. The maximum absolute atomic E-state index is 4.55. The molecule has 0 amide bonds. The number of aryl methyl sites for hydroxylation is 2. The first kappa shape index (κ1) is 16.2. The Morgan fingerprint density at radius 3 is 2.57 bits per heavy atom. The van der Waals surface area contributed by atoms with E-state index in [9.17, 15) is 0 Å². The van der Waals surface area contributed by atoms with Crippen molar-refractivity contribution in [3.63, 3.8) is 0 Å². The fraction of sp³-hybridized carbons (Fsp3) is 0.471. The van der Waals surface area contributed by atoms with Crippen LogP contribution in [0.15, 0.2) is 34.8 Å². The molecule has 1 N–H and O–H groups in total. The van der Waals surface area contributed by atoms with Crippen LogP contribution < -0.4 is 5.32 Å². The van der Waals surface area contributed by atoms with Crippen LogP contribution in [0.25, 0.3) is 0 Å². The first-order valence-electron chi connectivity index (χ1n) is 7.54. The molecule has 1 aromatic carbocycles. The van der Waals surface area contributed by atoms with Crippen molar-refractivity contribution in [2.75, 3.05) is 13.6 Å². The largest absolute Gasteiger partial charge is 0.319 e. The summed E-state index contributed by atoms with van der Waals surface area (Å²) in [5.74, 6) is 0.581. The maximum Gasteiger partial charge on any atom is 0.0596 e. The standard InChI is InChI=1S/C17H24BrN3/c1-4-21-17(9-13(2)20-21)11-15(12-19-3)10-14-5-7-16(18)8-6-14/h5-9,15,19H,4,10-12H2,1-3H3. The normalized spacial score (nSPS) is 12.6. The Hall–Kier alpha value is -1.13. The summed E-state index contributed by atoms with van der Waals surface area (Å²) in [5.41, 5.74) is 3.84. The molecule has 1 aromatic heterocycles. The summed E-state index contributed by atoms with van der Waals surface area (Å²) in [5, 5.41) is 7.88. The first-order chi connectivity index (χ1) is 10.1. The van der Waals surface area contributed by atoms with Crippen LogP contribution in [-0.2, 0) is 19.4 Å². The van der Waals surface area contributed by atoms with Gasteiger partial charge in [-0.05, 0) is 70.0 Å². The van der Waals surface area contributed by atoms with Crippen LogP contribution >= 0.6 is 15.9 Å². The average molecular weight is 350 g/mol. The van der Waals surface area contributed by atoms with Gasteiger partial charge in [0.25, 0.3) is 0 Å². The van der Waals surface area contributed by atoms with E-state index in [2.05, 4.69) is 75.2 Å². The molecule has 0 saturated heterocycles. The van der Waals surface area contributed by atoms with Gasteiger partial charge in [0.05, 0.1) is 5.69 Å². The molecule has 0 spiro atoms. The van der Waals surface area contributed by atoms with Crippen LogP contribution in [0.3, 0.4) is 0 Å². The smallest absolute Gasteiger partial charge is 0.0596 e. The van der Waals surface area contributed by atoms with Gasteiger partial charge in [-0.1, -0.05) is 28.1 Å². The molecule has 0 aliphatic rings. The summed E-state index contributed by atoms with van der Waals surface area (Å²) in [4.78, 5) is 0. The van der Waals surface area contributed by atoms with E-state index in [0.29, 0.717) is 5.92 Å². The third-order valence-electron chi connectivity index (χ3n) is 3.71. The lowest BCUT2D eigenvalue weighted by molar-refractivity contribution is 0.470. The minimum atomic E-state index is 0.581. The van der Waals surface area contributed by atoms with E-state index in [1.165, 1.54) is 11.3 Å². The van der Waals surface area contributed by atoms with Gasteiger partial charge in [0, 0.05) is 16.7 Å². The predicted octanol–water partition coefficient (Wildman–Crippen LogP) is 3.59. The van der Waals surface area contributed by atoms with Crippen LogP contribution in [0.5, 0.6) is 0 Å². The van der Waals surface area contributed by atoms with Crippen molar-refractivity contribution in [3.05, 3.63) is 51.8 Å². The molecule has 0 aliphatic heterocycles. The highest BCUT2D eigenvalue weighted by atomic mass is 79.9. The molecule has 114 valence electrons. The van der Waals surface area contributed by atoms with Gasteiger partial charge in [0.2, 0.25) is 0 Å². The monoisotopic (exact) mass is 349 g/mol. The van der Waals surface area contributed by atoms with Gasteiger partial charge < -0.3 is 5.32 Å². The van der Waals surface area contributed by atoms with Gasteiger partial charge >= 0.3 is 0 Å². The number of rotatable bonds is 7. The Morgan fingerprint density at radius 2 is 1.95 bits per heavy atom. The van der Waals surface area contributed by atoms with E-state index in [4.69, 9.17) is 0 Å². The molecular formula is C17H24BrN3. The van der Waals surface area contributed by atoms with Crippen molar-refractivity contribution in [2.45, 2.75) is 33.2 Å². The molecule has 0 saturated carbocycles. The first-order valence-corrected chi connectivity index (χ1v) is 8.34. The van der Waals surface area contributed by atoms with Gasteiger partial charge in [-0.3, -0.25) is 4.68 Å². The SMILES string of the molecule is CCn1nc(C)cc1CC(CNC)Cc1ccc(Br)cc1. The lowest BCUT2D eigenvalue weighted by atomic mass is 9.94. The maximum atomic E-state index is 4.55. The molecule has 1 unspecified atom stereocenters. The summed E-state index contributed by atoms with van der Waals surface area (Å²) in [6.07, 6.45) is 2.15. The van der Waals surface area contributed by atoms with E-state index in [1.807, 2.05) is 7.05 Å². The third kappa shape index (κ3) is 4.68. The van der Waals surface area contributed by atoms with E-state index in [1.54, 1.807) is 0 Å². The minimum absolute atomic E-state index is 0.581. The Labute approximate surface area is 135 Å². The summed E-state index contributed by atoms with van der Waals surface area (Å²) in [6.45, 7) is 6.17. The number of hydrogen-bond acceptors (Lipinski definition) is 2. The van der Waals surface area contributed by atoms with Crippen LogP contribution in [0.2, 0.25) is 0 Å². The average Bonchev–Trinajstić information content (AvgIpc) is 2.81. The molecule has 4 heteroatoms. The molecule has 3 nitrogen and oxygen atoms in total. The second kappa shape index (κ2) is 7.76. The van der Waals surface area contributed by atoms with Crippen molar-refractivity contribution < 1.29 is 0 Å². The highest BCUT2D eigenvalue weighted by Crippen LogP contribution is 2.17. The van der Waals surface area contributed by atoms with Crippen molar-refractivity contribution in [1.82, 2.24) is 15.1 Å². The van der Waals surface area contributed by atoms with Gasteiger partial charge in [-0.15, -0.1) is 0 Å². The third-order valence-corrected chi connectivity index (χ3v) is 4.24. The van der Waals surface area contributed by atoms with Crippen LogP contribution in [0, 0.1) is 12.8 Å². The Balaban J connectivity index is 2.09. The van der Waals surface area contributed by atoms with Crippen LogP contribution in [0.4, 0.5) is 0 Å². The topological polar surface area (TPSA) is 29.9 Å². The molecule has 1 atom stereocenters. The molecule has 0 aliphatic carbocycles. The van der Waals surface area contributed by atoms with Gasteiger partial charge in [-0.2, -0.15) is 5.10 Å². The van der Waals surface area contributed by atoms with E-state index >= 15 is 0 Å². The van der Waals surface area contributed by atoms with Gasteiger partial charge in [0.15, 0.2) is 0 Å². The quantitative estimate of drug-likeness (QED) is 0.827. The number of halogens is 1. The second-order valence-electron chi connectivity index (χ2n) is 5.55. The van der Waals surface area contributed by atoms with Gasteiger partial charge in [-0.25, -0.2) is 0 Å². The zero-order valence-electron chi connectivity index (χ0n) is 13.1. The summed E-state index contributed by atoms with van der Waals surface area (Å²) >= 11 is 3.49. The molecule has 2 rings (SSSR count). The van der Waals surface area contributed by atoms with Crippen molar-refractivity contribution in [1.29, 1.82) is 0 Å². The van der Waals surface area contributed by atoms with E-state index in [-0.39, 0.29) is 0 Å². The molecule has 0 radical (unpaired) electrons. The molecule has 21 heavy (non-hydrogen) atoms. The fourth-order valence-electron chi connectivity index (χ4n) is 2.79. The van der Waals surface area contributed by atoms with E-state index in [0.717, 1.165) is 36.1 Å². The van der Waals surface area contributed by atoms with Crippen LogP contribution in [0.1, 0.15) is 23.9 Å². The zero-order chi connectivity index (χ0) is 15.2. The molecule has 0 bridgehead atoms. The van der Waals surface area contributed by atoms with Gasteiger partial charge in [0.1, 0.15) is 0 Å². The fourth-order valence-corrected chi connectivity index (χ4v) is 3.06. The minimum Gasteiger partial charge on any atom is -0.319 e. The number of hydrogen-bond donors (Lipinski definition) is 1. The van der Waals surface area contributed by atoms with Crippen molar-refractivity contribution >= 4 is 15.9 Å². The predicted molar refractivity (Wildman–Crippen MR) is 91.6 cm³/mol. The van der Waals surface area contributed by atoms with Crippen molar-refractivity contribution in [2.24, 2.45) is 5.92 Å². The molecular weight excluding hydrogens is 326 g/mol. The molecule has 2 aromatic rings. The summed E-state index contributed by atoms with van der Waals surface area (Å²) in [6, 6.07) is 10.9. The number of nitrogens with one attached hydrogen (secondary N) is 1. The Bertz CT molecular complexity index is 560.